The van der Waals surface area contributed by atoms with Crippen LogP contribution in [-0.2, 0) is 17.8 Å². The van der Waals surface area contributed by atoms with Gasteiger partial charge in [-0.25, -0.2) is 9.97 Å². The Morgan fingerprint density at radius 1 is 1.14 bits per heavy atom. The Bertz CT molecular complexity index is 1060. The highest BCUT2D eigenvalue weighted by molar-refractivity contribution is 5.91. The predicted molar refractivity (Wildman–Crippen MR) is 114 cm³/mol. The quantitative estimate of drug-likeness (QED) is 0.567. The van der Waals surface area contributed by atoms with Crippen LogP contribution in [0, 0.1) is 13.8 Å². The molecule has 2 aromatic heterocycles. The van der Waals surface area contributed by atoms with Crippen molar-refractivity contribution in [3.63, 3.8) is 0 Å². The summed E-state index contributed by atoms with van der Waals surface area (Å²) in [5.41, 5.74) is 8.24. The summed E-state index contributed by atoms with van der Waals surface area (Å²) in [6, 6.07) is 13.3. The number of benzene rings is 1. The van der Waals surface area contributed by atoms with Gasteiger partial charge in [0.1, 0.15) is 12.4 Å². The van der Waals surface area contributed by atoms with Gasteiger partial charge in [-0.15, -0.1) is 0 Å². The molecule has 0 unspecified atom stereocenters. The lowest BCUT2D eigenvalue weighted by molar-refractivity contribution is -0.116. The van der Waals surface area contributed by atoms with Crippen molar-refractivity contribution in [3.8, 4) is 0 Å². The molecule has 0 saturated heterocycles. The van der Waals surface area contributed by atoms with Crippen LogP contribution in [-0.4, -0.2) is 27.0 Å². The number of aromatic nitrogens is 3. The van der Waals surface area contributed by atoms with Gasteiger partial charge >= 0.3 is 0 Å². The highest BCUT2D eigenvalue weighted by atomic mass is 16.2. The zero-order chi connectivity index (χ0) is 20.8. The lowest BCUT2D eigenvalue weighted by atomic mass is 10.1. The smallest absolute Gasteiger partial charge is 0.293 e. The zero-order valence-electron chi connectivity index (χ0n) is 16.5. The van der Waals surface area contributed by atoms with Gasteiger partial charge in [-0.2, -0.15) is 0 Å². The topological polar surface area (TPSA) is 115 Å². The van der Waals surface area contributed by atoms with Gasteiger partial charge in [-0.05, 0) is 38.0 Å². The molecule has 0 spiro atoms. The Labute approximate surface area is 168 Å². The molecule has 3 rings (SSSR count). The number of carbonyl (C=O) groups excluding carboxylic acids is 1. The van der Waals surface area contributed by atoms with E-state index in [1.807, 2.05) is 30.3 Å². The number of carbonyl (C=O) groups is 1. The third kappa shape index (κ3) is 5.19. The molecule has 0 aliphatic carbocycles. The number of nitrogens with one attached hydrogen (secondary N) is 2. The standard InChI is InChI=1S/C21H24N6O2/c1-14-12-24-20(23-11-10-16-6-4-3-5-7-16)21(29)27(14)13-19(28)26-17-8-9-18(22)25-15(17)2/h3-9,12H,10-11,13H2,1-2H3,(H2,22,25)(H,23,24)(H,26,28). The number of pyridine rings is 1. The maximum Gasteiger partial charge on any atom is 0.293 e. The molecule has 3 aromatic rings. The third-order valence-corrected chi connectivity index (χ3v) is 4.49. The summed E-state index contributed by atoms with van der Waals surface area (Å²) in [5.74, 6) is 0.281. The third-order valence-electron chi connectivity index (χ3n) is 4.49. The highest BCUT2D eigenvalue weighted by Gasteiger charge is 2.13. The number of amides is 1. The maximum atomic E-state index is 12.8. The van der Waals surface area contributed by atoms with Crippen LogP contribution in [0.4, 0.5) is 17.3 Å². The number of rotatable bonds is 7. The van der Waals surface area contributed by atoms with E-state index in [1.54, 1.807) is 32.2 Å². The SMILES string of the molecule is Cc1nc(N)ccc1NC(=O)Cn1c(C)cnc(NCCc2ccccc2)c1=O. The van der Waals surface area contributed by atoms with E-state index in [9.17, 15) is 9.59 Å². The van der Waals surface area contributed by atoms with E-state index in [0.717, 1.165) is 6.42 Å². The first kappa shape index (κ1) is 20.1. The second kappa shape index (κ2) is 9.01. The monoisotopic (exact) mass is 392 g/mol. The van der Waals surface area contributed by atoms with Crippen molar-refractivity contribution in [1.29, 1.82) is 0 Å². The molecule has 0 radical (unpaired) electrons. The Balaban J connectivity index is 1.68. The summed E-state index contributed by atoms with van der Waals surface area (Å²) in [4.78, 5) is 33.5. The molecule has 0 fully saturated rings. The van der Waals surface area contributed by atoms with Crippen molar-refractivity contribution in [3.05, 3.63) is 76.0 Å². The number of nitrogens with two attached hydrogens (primary N) is 1. The Morgan fingerprint density at radius 3 is 2.62 bits per heavy atom. The molecule has 1 amide bonds. The fourth-order valence-electron chi connectivity index (χ4n) is 2.90. The summed E-state index contributed by atoms with van der Waals surface area (Å²) in [5, 5.41) is 5.83. The van der Waals surface area contributed by atoms with E-state index < -0.39 is 0 Å². The number of hydrogen-bond donors (Lipinski definition) is 3. The van der Waals surface area contributed by atoms with E-state index in [-0.39, 0.29) is 23.8 Å². The van der Waals surface area contributed by atoms with Crippen LogP contribution in [0.5, 0.6) is 0 Å². The molecule has 0 bridgehead atoms. The number of anilines is 3. The van der Waals surface area contributed by atoms with Crippen molar-refractivity contribution < 1.29 is 4.79 Å². The van der Waals surface area contributed by atoms with Crippen LogP contribution >= 0.6 is 0 Å². The first-order chi connectivity index (χ1) is 13.9. The van der Waals surface area contributed by atoms with Crippen LogP contribution in [0.15, 0.2) is 53.5 Å². The molecule has 0 aliphatic rings. The molecule has 8 nitrogen and oxygen atoms in total. The Kier molecular flexibility index (Phi) is 6.23. The summed E-state index contributed by atoms with van der Waals surface area (Å²) in [6.45, 7) is 3.94. The minimum Gasteiger partial charge on any atom is -0.384 e. The summed E-state index contributed by atoms with van der Waals surface area (Å²) in [6.07, 6.45) is 2.34. The molecule has 0 aliphatic heterocycles. The molecule has 8 heteroatoms. The van der Waals surface area contributed by atoms with Gasteiger partial charge in [0, 0.05) is 18.4 Å². The largest absolute Gasteiger partial charge is 0.384 e. The van der Waals surface area contributed by atoms with Crippen LogP contribution in [0.2, 0.25) is 0 Å². The molecular weight excluding hydrogens is 368 g/mol. The second-order valence-corrected chi connectivity index (χ2v) is 6.72. The fraction of sp³-hybridized carbons (Fsp3) is 0.238. The minimum absolute atomic E-state index is 0.121. The molecule has 0 atom stereocenters. The van der Waals surface area contributed by atoms with Gasteiger partial charge in [0.2, 0.25) is 5.91 Å². The van der Waals surface area contributed by atoms with Gasteiger partial charge in [0.25, 0.3) is 5.56 Å². The average molecular weight is 392 g/mol. The molecule has 150 valence electrons. The zero-order valence-corrected chi connectivity index (χ0v) is 16.5. The molecule has 29 heavy (non-hydrogen) atoms. The highest BCUT2D eigenvalue weighted by Crippen LogP contribution is 2.14. The van der Waals surface area contributed by atoms with Gasteiger partial charge in [0.15, 0.2) is 5.82 Å². The lowest BCUT2D eigenvalue weighted by Crippen LogP contribution is -2.32. The number of nitrogens with zero attached hydrogens (tertiary/aromatic N) is 3. The lowest BCUT2D eigenvalue weighted by Gasteiger charge is -2.13. The van der Waals surface area contributed by atoms with Crippen LogP contribution in [0.25, 0.3) is 0 Å². The molecule has 0 saturated carbocycles. The summed E-state index contributed by atoms with van der Waals surface area (Å²) < 4.78 is 1.40. The summed E-state index contributed by atoms with van der Waals surface area (Å²) >= 11 is 0. The Morgan fingerprint density at radius 2 is 1.90 bits per heavy atom. The molecule has 4 N–H and O–H groups in total. The van der Waals surface area contributed by atoms with Crippen LogP contribution < -0.4 is 21.9 Å². The first-order valence-corrected chi connectivity index (χ1v) is 9.31. The van der Waals surface area contributed by atoms with Crippen molar-refractivity contribution in [2.75, 3.05) is 22.9 Å². The predicted octanol–water partition coefficient (Wildman–Crippen LogP) is 2.13. The van der Waals surface area contributed by atoms with Crippen molar-refractivity contribution in [1.82, 2.24) is 14.5 Å². The van der Waals surface area contributed by atoms with E-state index in [4.69, 9.17) is 5.73 Å². The number of aryl methyl sites for hydroxylation is 2. The van der Waals surface area contributed by atoms with Crippen molar-refractivity contribution in [2.24, 2.45) is 0 Å². The Hall–Kier alpha value is -3.68. The van der Waals surface area contributed by atoms with E-state index >= 15 is 0 Å². The van der Waals surface area contributed by atoms with Gasteiger partial charge in [-0.3, -0.25) is 14.2 Å². The van der Waals surface area contributed by atoms with Crippen LogP contribution in [0.3, 0.4) is 0 Å². The van der Waals surface area contributed by atoms with E-state index in [1.165, 1.54) is 10.1 Å². The number of hydrogen-bond acceptors (Lipinski definition) is 6. The van der Waals surface area contributed by atoms with E-state index in [0.29, 0.717) is 29.4 Å². The van der Waals surface area contributed by atoms with Crippen LogP contribution in [0.1, 0.15) is 17.0 Å². The van der Waals surface area contributed by atoms with Crippen molar-refractivity contribution >= 4 is 23.2 Å². The maximum absolute atomic E-state index is 12.8. The molecule has 2 heterocycles. The van der Waals surface area contributed by atoms with Gasteiger partial charge in [0.05, 0.1) is 11.4 Å². The van der Waals surface area contributed by atoms with Gasteiger partial charge in [-0.1, -0.05) is 30.3 Å². The van der Waals surface area contributed by atoms with Gasteiger partial charge < -0.3 is 16.4 Å². The van der Waals surface area contributed by atoms with E-state index in [2.05, 4.69) is 20.6 Å². The molecular formula is C21H24N6O2. The first-order valence-electron chi connectivity index (χ1n) is 9.31. The van der Waals surface area contributed by atoms with Crippen molar-refractivity contribution in [2.45, 2.75) is 26.8 Å². The minimum atomic E-state index is -0.333. The number of nitrogen functional groups attached to an aromatic ring is 1. The normalized spacial score (nSPS) is 10.6. The fourth-order valence-corrected chi connectivity index (χ4v) is 2.90. The second-order valence-electron chi connectivity index (χ2n) is 6.72. The molecule has 1 aromatic carbocycles. The summed E-state index contributed by atoms with van der Waals surface area (Å²) in [7, 11) is 0. The average Bonchev–Trinajstić information content (AvgIpc) is 2.70.